The lowest BCUT2D eigenvalue weighted by molar-refractivity contribution is -0.384. The number of aromatic nitrogens is 1. The van der Waals surface area contributed by atoms with Gasteiger partial charge < -0.3 is 14.9 Å². The highest BCUT2D eigenvalue weighted by Gasteiger charge is 2.24. The summed E-state index contributed by atoms with van der Waals surface area (Å²) in [7, 11) is 0. The van der Waals surface area contributed by atoms with Crippen molar-refractivity contribution in [3.8, 4) is 0 Å². The molecule has 2 heterocycles. The van der Waals surface area contributed by atoms with Crippen molar-refractivity contribution in [3.05, 3.63) is 58.0 Å². The number of hydrogen-bond acceptors (Lipinski definition) is 6. The molecule has 1 fully saturated rings. The van der Waals surface area contributed by atoms with Gasteiger partial charge in [0.15, 0.2) is 0 Å². The summed E-state index contributed by atoms with van der Waals surface area (Å²) in [5, 5.41) is 20.5. The van der Waals surface area contributed by atoms with E-state index in [2.05, 4.69) is 4.98 Å². The third kappa shape index (κ3) is 3.28. The average Bonchev–Trinajstić information content (AvgIpc) is 2.62. The first-order chi connectivity index (χ1) is 11.6. The summed E-state index contributed by atoms with van der Waals surface area (Å²) in [6.45, 7) is 2.24. The predicted molar refractivity (Wildman–Crippen MR) is 87.6 cm³/mol. The van der Waals surface area contributed by atoms with Crippen LogP contribution >= 0.6 is 0 Å². The molecule has 1 aromatic carbocycles. The summed E-state index contributed by atoms with van der Waals surface area (Å²) >= 11 is 0. The zero-order valence-electron chi connectivity index (χ0n) is 12.9. The van der Waals surface area contributed by atoms with Crippen LogP contribution in [0, 0.1) is 15.9 Å². The van der Waals surface area contributed by atoms with E-state index in [0.29, 0.717) is 43.2 Å². The number of aliphatic hydroxyl groups excluding tert-OH is 1. The molecule has 2 aromatic rings. The Labute approximate surface area is 138 Å². The fourth-order valence-corrected chi connectivity index (χ4v) is 2.81. The zero-order chi connectivity index (χ0) is 17.1. The fourth-order valence-electron chi connectivity index (χ4n) is 2.81. The first kappa shape index (κ1) is 16.1. The molecule has 1 aliphatic rings. The van der Waals surface area contributed by atoms with Gasteiger partial charge in [-0.25, -0.2) is 9.37 Å². The SMILES string of the molecule is O=[N+]([O-])c1ccc(CO)cc1N1CCN(c2ccc(F)cn2)CC1. The van der Waals surface area contributed by atoms with Gasteiger partial charge in [-0.05, 0) is 29.8 Å². The van der Waals surface area contributed by atoms with Gasteiger partial charge in [-0.2, -0.15) is 0 Å². The Balaban J connectivity index is 1.76. The Morgan fingerprint density at radius 2 is 1.88 bits per heavy atom. The van der Waals surface area contributed by atoms with E-state index >= 15 is 0 Å². The van der Waals surface area contributed by atoms with Gasteiger partial charge in [-0.15, -0.1) is 0 Å². The van der Waals surface area contributed by atoms with Crippen molar-refractivity contribution < 1.29 is 14.4 Å². The van der Waals surface area contributed by atoms with Crippen LogP contribution in [-0.4, -0.2) is 41.2 Å². The van der Waals surface area contributed by atoms with E-state index in [1.807, 2.05) is 9.80 Å². The quantitative estimate of drug-likeness (QED) is 0.681. The number of rotatable bonds is 4. The first-order valence-electron chi connectivity index (χ1n) is 7.58. The molecule has 0 saturated carbocycles. The summed E-state index contributed by atoms with van der Waals surface area (Å²) in [6.07, 6.45) is 1.18. The molecule has 1 saturated heterocycles. The molecule has 0 aliphatic carbocycles. The van der Waals surface area contributed by atoms with Crippen molar-refractivity contribution in [2.75, 3.05) is 36.0 Å². The number of halogens is 1. The molecule has 0 atom stereocenters. The predicted octanol–water partition coefficient (Wildman–Crippen LogP) is 1.95. The highest BCUT2D eigenvalue weighted by atomic mass is 19.1. The third-order valence-corrected chi connectivity index (χ3v) is 4.08. The molecule has 3 rings (SSSR count). The van der Waals surface area contributed by atoms with Crippen molar-refractivity contribution in [2.45, 2.75) is 6.61 Å². The van der Waals surface area contributed by atoms with E-state index < -0.39 is 4.92 Å². The number of piperazine rings is 1. The Bertz CT molecular complexity index is 731. The van der Waals surface area contributed by atoms with Crippen molar-refractivity contribution >= 4 is 17.2 Å². The van der Waals surface area contributed by atoms with E-state index in [-0.39, 0.29) is 18.1 Å². The van der Waals surface area contributed by atoms with Crippen LogP contribution in [0.4, 0.5) is 21.6 Å². The first-order valence-corrected chi connectivity index (χ1v) is 7.58. The van der Waals surface area contributed by atoms with E-state index in [9.17, 15) is 19.6 Å². The zero-order valence-corrected chi connectivity index (χ0v) is 12.9. The van der Waals surface area contributed by atoms with E-state index in [4.69, 9.17) is 0 Å². The van der Waals surface area contributed by atoms with Crippen LogP contribution in [0.1, 0.15) is 5.56 Å². The highest BCUT2D eigenvalue weighted by Crippen LogP contribution is 2.30. The fraction of sp³-hybridized carbons (Fsp3) is 0.312. The van der Waals surface area contributed by atoms with Crippen molar-refractivity contribution in [1.29, 1.82) is 0 Å². The van der Waals surface area contributed by atoms with Crippen molar-refractivity contribution in [2.24, 2.45) is 0 Å². The summed E-state index contributed by atoms with van der Waals surface area (Å²) < 4.78 is 13.0. The number of benzene rings is 1. The molecule has 24 heavy (non-hydrogen) atoms. The van der Waals surface area contributed by atoms with Crippen LogP contribution in [0.25, 0.3) is 0 Å². The third-order valence-electron chi connectivity index (χ3n) is 4.08. The van der Waals surface area contributed by atoms with Gasteiger partial charge in [0, 0.05) is 32.2 Å². The van der Waals surface area contributed by atoms with Crippen LogP contribution in [-0.2, 0) is 6.61 Å². The summed E-state index contributed by atoms with van der Waals surface area (Å²) in [5.41, 5.74) is 1.18. The molecule has 1 N–H and O–H groups in total. The molecule has 0 unspecified atom stereocenters. The molecule has 1 aromatic heterocycles. The van der Waals surface area contributed by atoms with Gasteiger partial charge in [0.2, 0.25) is 0 Å². The second-order valence-corrected chi connectivity index (χ2v) is 5.55. The highest BCUT2D eigenvalue weighted by molar-refractivity contribution is 5.65. The molecule has 0 amide bonds. The number of aliphatic hydroxyl groups is 1. The molecule has 126 valence electrons. The van der Waals surface area contributed by atoms with Gasteiger partial charge in [0.1, 0.15) is 17.3 Å². The van der Waals surface area contributed by atoms with Crippen LogP contribution in [0.5, 0.6) is 0 Å². The molecule has 8 heteroatoms. The van der Waals surface area contributed by atoms with Crippen LogP contribution < -0.4 is 9.80 Å². The second-order valence-electron chi connectivity index (χ2n) is 5.55. The van der Waals surface area contributed by atoms with Crippen LogP contribution in [0.2, 0.25) is 0 Å². The Kier molecular flexibility index (Phi) is 4.57. The summed E-state index contributed by atoms with van der Waals surface area (Å²) in [4.78, 5) is 18.8. The van der Waals surface area contributed by atoms with E-state index in [0.717, 1.165) is 0 Å². The second kappa shape index (κ2) is 6.79. The lowest BCUT2D eigenvalue weighted by Gasteiger charge is -2.36. The van der Waals surface area contributed by atoms with E-state index in [1.54, 1.807) is 18.2 Å². The van der Waals surface area contributed by atoms with Gasteiger partial charge in [-0.3, -0.25) is 10.1 Å². The maximum atomic E-state index is 13.0. The Morgan fingerprint density at radius 1 is 1.17 bits per heavy atom. The normalized spacial score (nSPS) is 14.8. The van der Waals surface area contributed by atoms with Crippen LogP contribution in [0.15, 0.2) is 36.5 Å². The van der Waals surface area contributed by atoms with Crippen molar-refractivity contribution in [3.63, 3.8) is 0 Å². The standard InChI is InChI=1S/C16H17FN4O3/c17-13-2-4-16(18-10-13)20-7-5-19(6-8-20)15-9-12(11-22)1-3-14(15)21(23)24/h1-4,9-10,22H,5-8,11H2. The molecule has 7 nitrogen and oxygen atoms in total. The smallest absolute Gasteiger partial charge is 0.292 e. The molecule has 0 spiro atoms. The lowest BCUT2D eigenvalue weighted by atomic mass is 10.1. The number of hydrogen-bond donors (Lipinski definition) is 1. The average molecular weight is 332 g/mol. The summed E-state index contributed by atoms with van der Waals surface area (Å²) in [6, 6.07) is 7.63. The molecular formula is C16H17FN4O3. The number of nitro groups is 1. The number of anilines is 2. The van der Waals surface area contributed by atoms with Gasteiger partial charge >= 0.3 is 0 Å². The summed E-state index contributed by atoms with van der Waals surface area (Å²) in [5.74, 6) is 0.309. The minimum absolute atomic E-state index is 0.0283. The monoisotopic (exact) mass is 332 g/mol. The topological polar surface area (TPSA) is 82.7 Å². The Morgan fingerprint density at radius 3 is 2.46 bits per heavy atom. The molecule has 1 aliphatic heterocycles. The molecule has 0 bridgehead atoms. The number of nitro benzene ring substituents is 1. The van der Waals surface area contributed by atoms with Gasteiger partial charge in [0.25, 0.3) is 5.69 Å². The van der Waals surface area contributed by atoms with Gasteiger partial charge in [-0.1, -0.05) is 0 Å². The maximum absolute atomic E-state index is 13.0. The molecular weight excluding hydrogens is 315 g/mol. The lowest BCUT2D eigenvalue weighted by Crippen LogP contribution is -2.47. The van der Waals surface area contributed by atoms with Gasteiger partial charge in [0.05, 0.1) is 17.7 Å². The number of pyridine rings is 1. The minimum atomic E-state index is -0.412. The van der Waals surface area contributed by atoms with Crippen LogP contribution in [0.3, 0.4) is 0 Å². The maximum Gasteiger partial charge on any atom is 0.292 e. The largest absolute Gasteiger partial charge is 0.392 e. The number of nitrogens with zero attached hydrogens (tertiary/aromatic N) is 4. The minimum Gasteiger partial charge on any atom is -0.392 e. The molecule has 0 radical (unpaired) electrons. The van der Waals surface area contributed by atoms with Crippen molar-refractivity contribution in [1.82, 2.24) is 4.98 Å². The Hall–Kier alpha value is -2.74. The van der Waals surface area contributed by atoms with E-state index in [1.165, 1.54) is 18.3 Å².